The minimum atomic E-state index is -1.06. The largest absolute Gasteiger partial charge is 0.321 e. The zero-order valence-electron chi connectivity index (χ0n) is 13.7. The normalized spacial score (nSPS) is 12.5. The molecule has 0 spiro atoms. The fourth-order valence-corrected chi connectivity index (χ4v) is 2.91. The van der Waals surface area contributed by atoms with Crippen molar-refractivity contribution in [3.05, 3.63) is 48.3 Å². The van der Waals surface area contributed by atoms with E-state index in [2.05, 4.69) is 15.4 Å². The van der Waals surface area contributed by atoms with Crippen LogP contribution in [0.3, 0.4) is 0 Å². The third-order valence-corrected chi connectivity index (χ3v) is 4.56. The van der Waals surface area contributed by atoms with Gasteiger partial charge in [0.2, 0.25) is 0 Å². The quantitative estimate of drug-likeness (QED) is 0.791. The smallest absolute Gasteiger partial charge is 0.255 e. The van der Waals surface area contributed by atoms with Crippen LogP contribution in [0.5, 0.6) is 0 Å². The van der Waals surface area contributed by atoms with E-state index in [1.54, 1.807) is 42.9 Å². The number of hydrogen-bond donors (Lipinski definition) is 1. The summed E-state index contributed by atoms with van der Waals surface area (Å²) >= 11 is 0. The Bertz CT molecular complexity index is 916. The van der Waals surface area contributed by atoms with Gasteiger partial charge in [-0.2, -0.15) is 5.10 Å². The topological polar surface area (TPSA) is 76.9 Å². The van der Waals surface area contributed by atoms with Crippen LogP contribution in [0.4, 0.5) is 5.69 Å². The van der Waals surface area contributed by atoms with Crippen molar-refractivity contribution in [1.29, 1.82) is 0 Å². The Labute approximate surface area is 142 Å². The van der Waals surface area contributed by atoms with Crippen LogP contribution in [-0.2, 0) is 10.8 Å². The van der Waals surface area contributed by atoms with E-state index in [0.717, 1.165) is 11.0 Å². The van der Waals surface area contributed by atoms with Crippen LogP contribution >= 0.6 is 0 Å². The van der Waals surface area contributed by atoms with Gasteiger partial charge in [0.25, 0.3) is 5.91 Å². The molecule has 7 heteroatoms. The second-order valence-electron chi connectivity index (χ2n) is 5.75. The maximum absolute atomic E-state index is 12.3. The van der Waals surface area contributed by atoms with Crippen LogP contribution in [0.1, 0.15) is 30.2 Å². The predicted molar refractivity (Wildman–Crippen MR) is 94.6 cm³/mol. The molecule has 0 radical (unpaired) electrons. The number of pyridine rings is 1. The van der Waals surface area contributed by atoms with E-state index in [9.17, 15) is 9.00 Å². The van der Waals surface area contributed by atoms with Crippen molar-refractivity contribution in [2.75, 3.05) is 11.6 Å². The highest BCUT2D eigenvalue weighted by atomic mass is 32.2. The Hall–Kier alpha value is -2.54. The highest BCUT2D eigenvalue weighted by Crippen LogP contribution is 2.19. The molecule has 0 aliphatic heterocycles. The van der Waals surface area contributed by atoms with Crippen LogP contribution < -0.4 is 5.32 Å². The van der Waals surface area contributed by atoms with Crippen molar-refractivity contribution in [1.82, 2.24) is 14.8 Å². The Morgan fingerprint density at radius 2 is 1.92 bits per heavy atom. The van der Waals surface area contributed by atoms with Gasteiger partial charge in [-0.05, 0) is 44.2 Å². The molecule has 2 aromatic heterocycles. The first-order chi connectivity index (χ1) is 11.5. The Morgan fingerprint density at radius 3 is 2.54 bits per heavy atom. The highest BCUT2D eigenvalue weighted by molar-refractivity contribution is 7.84. The zero-order chi connectivity index (χ0) is 17.3. The highest BCUT2D eigenvalue weighted by Gasteiger charge is 2.11. The van der Waals surface area contributed by atoms with Crippen molar-refractivity contribution in [2.45, 2.75) is 24.8 Å². The first-order valence-corrected chi connectivity index (χ1v) is 9.09. The number of fused-ring (bicyclic) bond motifs is 1. The molecular weight excluding hydrogens is 324 g/mol. The molecule has 1 amide bonds. The summed E-state index contributed by atoms with van der Waals surface area (Å²) in [6.07, 6.45) is 4.97. The molecular formula is C17H18N4O2S. The molecule has 1 N–H and O–H groups in total. The zero-order valence-corrected chi connectivity index (χ0v) is 14.5. The van der Waals surface area contributed by atoms with Gasteiger partial charge in [-0.1, -0.05) is 0 Å². The summed E-state index contributed by atoms with van der Waals surface area (Å²) < 4.78 is 13.2. The SMILES string of the molecule is CC(C)n1ncc2cc(NC(=O)c3ccc(S(C)=O)cc3)cnc21. The Balaban J connectivity index is 1.81. The number of anilines is 1. The van der Waals surface area contributed by atoms with Gasteiger partial charge in [0.15, 0.2) is 5.65 Å². The number of nitrogens with zero attached hydrogens (tertiary/aromatic N) is 3. The van der Waals surface area contributed by atoms with E-state index in [0.29, 0.717) is 16.1 Å². The lowest BCUT2D eigenvalue weighted by Gasteiger charge is -2.08. The molecule has 0 saturated carbocycles. The number of carbonyl (C=O) groups excluding carboxylic acids is 1. The van der Waals surface area contributed by atoms with E-state index in [1.165, 1.54) is 0 Å². The average Bonchev–Trinajstić information content (AvgIpc) is 2.98. The third kappa shape index (κ3) is 3.21. The summed E-state index contributed by atoms with van der Waals surface area (Å²) in [5.74, 6) is -0.235. The number of amides is 1. The molecule has 1 aromatic carbocycles. The van der Waals surface area contributed by atoms with Gasteiger partial charge < -0.3 is 5.32 Å². The lowest BCUT2D eigenvalue weighted by molar-refractivity contribution is 0.102. The molecule has 24 heavy (non-hydrogen) atoms. The molecule has 124 valence electrons. The van der Waals surface area contributed by atoms with E-state index in [-0.39, 0.29) is 11.9 Å². The van der Waals surface area contributed by atoms with Crippen molar-refractivity contribution in [3.63, 3.8) is 0 Å². The molecule has 6 nitrogen and oxygen atoms in total. The molecule has 0 fully saturated rings. The van der Waals surface area contributed by atoms with Crippen molar-refractivity contribution in [2.24, 2.45) is 0 Å². The number of hydrogen-bond acceptors (Lipinski definition) is 4. The molecule has 0 bridgehead atoms. The van der Waals surface area contributed by atoms with E-state index >= 15 is 0 Å². The lowest BCUT2D eigenvalue weighted by atomic mass is 10.2. The van der Waals surface area contributed by atoms with Gasteiger partial charge in [-0.15, -0.1) is 0 Å². The van der Waals surface area contributed by atoms with Gasteiger partial charge in [-0.3, -0.25) is 9.00 Å². The van der Waals surface area contributed by atoms with Crippen LogP contribution in [-0.4, -0.2) is 31.1 Å². The standard InChI is InChI=1S/C17H18N4O2S/c1-11(2)21-16-13(9-19-21)8-14(10-18-16)20-17(22)12-4-6-15(7-5-12)24(3)23/h4-11H,1-3H3,(H,20,22). The Morgan fingerprint density at radius 1 is 1.21 bits per heavy atom. The van der Waals surface area contributed by atoms with E-state index in [1.807, 2.05) is 24.6 Å². The number of rotatable bonds is 4. The number of carbonyl (C=O) groups is 1. The van der Waals surface area contributed by atoms with Crippen LogP contribution in [0.2, 0.25) is 0 Å². The summed E-state index contributed by atoms with van der Waals surface area (Å²) in [5.41, 5.74) is 1.90. The molecule has 3 aromatic rings. The first kappa shape index (κ1) is 16.3. The molecule has 0 saturated heterocycles. The van der Waals surface area contributed by atoms with Gasteiger partial charge in [0.05, 0.1) is 18.1 Å². The summed E-state index contributed by atoms with van der Waals surface area (Å²) in [5, 5.41) is 8.01. The molecule has 0 aliphatic carbocycles. The van der Waals surface area contributed by atoms with Crippen molar-refractivity contribution >= 4 is 33.4 Å². The van der Waals surface area contributed by atoms with E-state index in [4.69, 9.17) is 0 Å². The summed E-state index contributed by atoms with van der Waals surface area (Å²) in [4.78, 5) is 17.4. The first-order valence-electron chi connectivity index (χ1n) is 7.54. The fraction of sp³-hybridized carbons (Fsp3) is 0.235. The molecule has 1 unspecified atom stereocenters. The summed E-state index contributed by atoms with van der Waals surface area (Å²) in [6.45, 7) is 4.08. The maximum atomic E-state index is 12.3. The second kappa shape index (κ2) is 6.52. The molecule has 2 heterocycles. The monoisotopic (exact) mass is 342 g/mol. The van der Waals surface area contributed by atoms with Gasteiger partial charge in [-0.25, -0.2) is 9.67 Å². The van der Waals surface area contributed by atoms with Crippen molar-refractivity contribution < 1.29 is 9.00 Å². The van der Waals surface area contributed by atoms with Gasteiger partial charge in [0.1, 0.15) is 0 Å². The number of benzene rings is 1. The molecule has 3 rings (SSSR count). The molecule has 0 aliphatic rings. The maximum Gasteiger partial charge on any atom is 0.255 e. The summed E-state index contributed by atoms with van der Waals surface area (Å²) in [7, 11) is -1.06. The average molecular weight is 342 g/mol. The second-order valence-corrected chi connectivity index (χ2v) is 7.13. The predicted octanol–water partition coefficient (Wildman–Crippen LogP) is 3.00. The van der Waals surface area contributed by atoms with Crippen LogP contribution in [0, 0.1) is 0 Å². The minimum Gasteiger partial charge on any atom is -0.321 e. The van der Waals surface area contributed by atoms with Crippen LogP contribution in [0.25, 0.3) is 11.0 Å². The lowest BCUT2D eigenvalue weighted by Crippen LogP contribution is -2.12. The third-order valence-electron chi connectivity index (χ3n) is 3.63. The van der Waals surface area contributed by atoms with Crippen LogP contribution in [0.15, 0.2) is 47.6 Å². The van der Waals surface area contributed by atoms with Crippen molar-refractivity contribution in [3.8, 4) is 0 Å². The molecule has 1 atom stereocenters. The number of nitrogens with one attached hydrogen (secondary N) is 1. The Kier molecular flexibility index (Phi) is 4.44. The van der Waals surface area contributed by atoms with Gasteiger partial charge >= 0.3 is 0 Å². The van der Waals surface area contributed by atoms with E-state index < -0.39 is 10.8 Å². The summed E-state index contributed by atoms with van der Waals surface area (Å²) in [6, 6.07) is 8.78. The number of aromatic nitrogens is 3. The minimum absolute atomic E-state index is 0.220. The fourth-order valence-electron chi connectivity index (χ4n) is 2.39. The van der Waals surface area contributed by atoms with Gasteiger partial charge in [0, 0.05) is 38.9 Å².